The summed E-state index contributed by atoms with van der Waals surface area (Å²) in [7, 11) is 0. The van der Waals surface area contributed by atoms with Crippen LogP contribution in [0.2, 0.25) is 0 Å². The van der Waals surface area contributed by atoms with Gasteiger partial charge in [-0.05, 0) is 17.7 Å². The summed E-state index contributed by atoms with van der Waals surface area (Å²) in [6.07, 6.45) is -4.39. The van der Waals surface area contributed by atoms with Crippen molar-refractivity contribution < 1.29 is 13.2 Å². The maximum Gasteiger partial charge on any atom is 0.407 e. The SMILES string of the molecule is Cl.N[C@@H](c1cccc(Br)c1)C(F)(F)F. The molecule has 0 heterocycles. The van der Waals surface area contributed by atoms with Gasteiger partial charge in [0.2, 0.25) is 0 Å². The van der Waals surface area contributed by atoms with Gasteiger partial charge in [0.15, 0.2) is 0 Å². The van der Waals surface area contributed by atoms with Crippen LogP contribution in [0.4, 0.5) is 13.2 Å². The maximum atomic E-state index is 12.1. The molecule has 0 bridgehead atoms. The van der Waals surface area contributed by atoms with Crippen molar-refractivity contribution in [2.75, 3.05) is 0 Å². The topological polar surface area (TPSA) is 26.0 Å². The van der Waals surface area contributed by atoms with E-state index in [9.17, 15) is 13.2 Å². The normalized spacial score (nSPS) is 13.2. The summed E-state index contributed by atoms with van der Waals surface area (Å²) in [6.45, 7) is 0. The first-order valence-corrected chi connectivity index (χ1v) is 4.28. The molecule has 14 heavy (non-hydrogen) atoms. The van der Waals surface area contributed by atoms with Crippen molar-refractivity contribution in [1.82, 2.24) is 0 Å². The van der Waals surface area contributed by atoms with Gasteiger partial charge in [-0.2, -0.15) is 13.2 Å². The van der Waals surface area contributed by atoms with E-state index in [2.05, 4.69) is 15.9 Å². The van der Waals surface area contributed by atoms with Crippen LogP contribution in [0.25, 0.3) is 0 Å². The zero-order valence-electron chi connectivity index (χ0n) is 6.88. The smallest absolute Gasteiger partial charge is 0.316 e. The molecule has 1 aromatic carbocycles. The van der Waals surface area contributed by atoms with E-state index in [1.54, 1.807) is 6.07 Å². The Bertz CT molecular complexity index is 303. The lowest BCUT2D eigenvalue weighted by molar-refractivity contribution is -0.149. The Labute approximate surface area is 94.0 Å². The molecule has 0 unspecified atom stereocenters. The van der Waals surface area contributed by atoms with Crippen molar-refractivity contribution in [3.63, 3.8) is 0 Å². The third-order valence-electron chi connectivity index (χ3n) is 1.56. The summed E-state index contributed by atoms with van der Waals surface area (Å²) in [5, 5.41) is 0. The Morgan fingerprint density at radius 2 is 1.86 bits per heavy atom. The van der Waals surface area contributed by atoms with Crippen LogP contribution in [0.1, 0.15) is 11.6 Å². The highest BCUT2D eigenvalue weighted by molar-refractivity contribution is 9.10. The molecule has 0 saturated carbocycles. The molecule has 0 radical (unpaired) electrons. The van der Waals surface area contributed by atoms with E-state index in [-0.39, 0.29) is 18.0 Å². The van der Waals surface area contributed by atoms with Gasteiger partial charge < -0.3 is 5.73 Å². The molecular weight excluding hydrogens is 282 g/mol. The molecule has 0 fully saturated rings. The van der Waals surface area contributed by atoms with Crippen LogP contribution in [0.15, 0.2) is 28.7 Å². The predicted octanol–water partition coefficient (Wildman–Crippen LogP) is 3.43. The Balaban J connectivity index is 0.00000169. The average Bonchev–Trinajstić information content (AvgIpc) is 2.01. The standard InChI is InChI=1S/C8H7BrF3N.ClH/c9-6-3-1-2-5(4-6)7(13)8(10,11)12;/h1-4,7H,13H2;1H/t7-;/m0./s1. The molecular formula is C8H8BrClF3N. The van der Waals surface area contributed by atoms with Gasteiger partial charge in [-0.1, -0.05) is 28.1 Å². The molecule has 1 nitrogen and oxygen atoms in total. The summed E-state index contributed by atoms with van der Waals surface area (Å²) in [5.41, 5.74) is 5.05. The monoisotopic (exact) mass is 289 g/mol. The molecule has 0 aromatic heterocycles. The molecule has 2 N–H and O–H groups in total. The zero-order chi connectivity index (χ0) is 10.1. The summed E-state index contributed by atoms with van der Waals surface area (Å²) >= 11 is 3.07. The molecule has 0 aliphatic carbocycles. The molecule has 1 atom stereocenters. The van der Waals surface area contributed by atoms with Crippen LogP contribution in [0.3, 0.4) is 0 Å². The highest BCUT2D eigenvalue weighted by Gasteiger charge is 2.37. The number of nitrogens with two attached hydrogens (primary N) is 1. The largest absolute Gasteiger partial charge is 0.407 e. The van der Waals surface area contributed by atoms with Crippen molar-refractivity contribution in [2.24, 2.45) is 5.73 Å². The Morgan fingerprint density at radius 1 is 1.29 bits per heavy atom. The van der Waals surface area contributed by atoms with Gasteiger partial charge in [-0.25, -0.2) is 0 Å². The summed E-state index contributed by atoms with van der Waals surface area (Å²) in [6, 6.07) is 3.96. The Hall–Kier alpha value is -0.260. The maximum absolute atomic E-state index is 12.1. The third-order valence-corrected chi connectivity index (χ3v) is 2.05. The first-order chi connectivity index (χ1) is 5.91. The number of halogens is 5. The number of hydrogen-bond donors (Lipinski definition) is 1. The zero-order valence-corrected chi connectivity index (χ0v) is 9.29. The molecule has 0 aliphatic heterocycles. The first kappa shape index (κ1) is 13.7. The minimum atomic E-state index is -4.39. The van der Waals surface area contributed by atoms with Crippen molar-refractivity contribution >= 4 is 28.3 Å². The summed E-state index contributed by atoms with van der Waals surface area (Å²) < 4.78 is 37.0. The Morgan fingerprint density at radius 3 is 2.29 bits per heavy atom. The van der Waals surface area contributed by atoms with E-state index < -0.39 is 12.2 Å². The van der Waals surface area contributed by atoms with Crippen LogP contribution in [0.5, 0.6) is 0 Å². The quantitative estimate of drug-likeness (QED) is 0.842. The number of alkyl halides is 3. The fourth-order valence-corrected chi connectivity index (χ4v) is 1.31. The van der Waals surface area contributed by atoms with Crippen molar-refractivity contribution in [3.8, 4) is 0 Å². The molecule has 80 valence electrons. The minimum Gasteiger partial charge on any atom is -0.316 e. The lowest BCUT2D eigenvalue weighted by atomic mass is 10.1. The van der Waals surface area contributed by atoms with Gasteiger partial charge in [0.25, 0.3) is 0 Å². The summed E-state index contributed by atoms with van der Waals surface area (Å²) in [4.78, 5) is 0. The minimum absolute atomic E-state index is 0. The highest BCUT2D eigenvalue weighted by Crippen LogP contribution is 2.31. The highest BCUT2D eigenvalue weighted by atomic mass is 79.9. The van der Waals surface area contributed by atoms with Gasteiger partial charge in [-0.3, -0.25) is 0 Å². The van der Waals surface area contributed by atoms with Crippen molar-refractivity contribution in [2.45, 2.75) is 12.2 Å². The van der Waals surface area contributed by atoms with E-state index in [4.69, 9.17) is 5.73 Å². The van der Waals surface area contributed by atoms with E-state index in [0.29, 0.717) is 4.47 Å². The second-order valence-corrected chi connectivity index (χ2v) is 3.49. The van der Waals surface area contributed by atoms with Gasteiger partial charge in [0.1, 0.15) is 6.04 Å². The molecule has 6 heteroatoms. The van der Waals surface area contributed by atoms with Crippen molar-refractivity contribution in [1.29, 1.82) is 0 Å². The lowest BCUT2D eigenvalue weighted by Gasteiger charge is -2.15. The fourth-order valence-electron chi connectivity index (χ4n) is 0.889. The second-order valence-electron chi connectivity index (χ2n) is 2.57. The number of benzene rings is 1. The third kappa shape index (κ3) is 3.48. The van der Waals surface area contributed by atoms with Crippen LogP contribution in [-0.2, 0) is 0 Å². The molecule has 0 amide bonds. The molecule has 0 saturated heterocycles. The average molecular weight is 291 g/mol. The van der Waals surface area contributed by atoms with E-state index in [1.165, 1.54) is 18.2 Å². The van der Waals surface area contributed by atoms with Gasteiger partial charge in [0, 0.05) is 4.47 Å². The number of rotatable bonds is 1. The van der Waals surface area contributed by atoms with Crippen LogP contribution >= 0.6 is 28.3 Å². The molecule has 1 aromatic rings. The van der Waals surface area contributed by atoms with Gasteiger partial charge in [0.05, 0.1) is 0 Å². The second kappa shape index (κ2) is 5.00. The van der Waals surface area contributed by atoms with Crippen LogP contribution in [-0.4, -0.2) is 6.18 Å². The van der Waals surface area contributed by atoms with Crippen LogP contribution < -0.4 is 5.73 Å². The predicted molar refractivity (Wildman–Crippen MR) is 54.4 cm³/mol. The fraction of sp³-hybridized carbons (Fsp3) is 0.250. The number of hydrogen-bond acceptors (Lipinski definition) is 1. The van der Waals surface area contributed by atoms with E-state index >= 15 is 0 Å². The molecule has 0 aliphatic rings. The first-order valence-electron chi connectivity index (χ1n) is 3.49. The van der Waals surface area contributed by atoms with E-state index in [0.717, 1.165) is 0 Å². The van der Waals surface area contributed by atoms with Crippen LogP contribution in [0, 0.1) is 0 Å². The van der Waals surface area contributed by atoms with Gasteiger partial charge in [-0.15, -0.1) is 12.4 Å². The Kier molecular flexibility index (Phi) is 4.91. The van der Waals surface area contributed by atoms with E-state index in [1.807, 2.05) is 0 Å². The molecule has 1 rings (SSSR count). The summed E-state index contributed by atoms with van der Waals surface area (Å²) in [5.74, 6) is 0. The molecule has 0 spiro atoms. The van der Waals surface area contributed by atoms with Crippen molar-refractivity contribution in [3.05, 3.63) is 34.3 Å². The van der Waals surface area contributed by atoms with Gasteiger partial charge >= 0.3 is 6.18 Å². The lowest BCUT2D eigenvalue weighted by Crippen LogP contribution is -2.28.